The van der Waals surface area contributed by atoms with Crippen LogP contribution in [0.5, 0.6) is 0 Å². The first-order valence-corrected chi connectivity index (χ1v) is 11.1. The van der Waals surface area contributed by atoms with Crippen LogP contribution in [0.4, 0.5) is 4.79 Å². The molecule has 1 atom stereocenters. The van der Waals surface area contributed by atoms with Crippen LogP contribution < -0.4 is 0 Å². The van der Waals surface area contributed by atoms with Gasteiger partial charge in [0.25, 0.3) is 5.91 Å². The zero-order chi connectivity index (χ0) is 22.2. The van der Waals surface area contributed by atoms with E-state index in [1.165, 1.54) is 24.0 Å². The lowest BCUT2D eigenvalue weighted by Gasteiger charge is -2.41. The van der Waals surface area contributed by atoms with Crippen molar-refractivity contribution in [2.75, 3.05) is 19.6 Å². The van der Waals surface area contributed by atoms with Gasteiger partial charge in [0.05, 0.1) is 6.54 Å². The first-order valence-electron chi connectivity index (χ1n) is 11.1. The molecule has 1 fully saturated rings. The quantitative estimate of drug-likeness (QED) is 0.737. The van der Waals surface area contributed by atoms with Crippen molar-refractivity contribution in [1.82, 2.24) is 19.4 Å². The molecule has 2 heterocycles. The molecule has 1 aromatic heterocycles. The fourth-order valence-electron chi connectivity index (χ4n) is 4.47. The van der Waals surface area contributed by atoms with E-state index < -0.39 is 5.60 Å². The Balaban J connectivity index is 1.60. The normalized spacial score (nSPS) is 19.2. The largest absolute Gasteiger partial charge is 0.444 e. The molecule has 4 rings (SSSR count). The monoisotopic (exact) mass is 424 g/mol. The van der Waals surface area contributed by atoms with Gasteiger partial charge in [-0.2, -0.15) is 0 Å². The minimum atomic E-state index is -0.564. The van der Waals surface area contributed by atoms with Crippen molar-refractivity contribution in [3.05, 3.63) is 53.1 Å². The number of fused-ring (bicyclic) bond motifs is 1. The summed E-state index contributed by atoms with van der Waals surface area (Å²) in [6, 6.07) is 5.79. The van der Waals surface area contributed by atoms with Crippen LogP contribution in [0.25, 0.3) is 0 Å². The molecule has 31 heavy (non-hydrogen) atoms. The van der Waals surface area contributed by atoms with Crippen molar-refractivity contribution < 1.29 is 14.3 Å². The van der Waals surface area contributed by atoms with Crippen LogP contribution in [0.3, 0.4) is 0 Å². The Hall–Kier alpha value is -2.83. The molecule has 1 aliphatic heterocycles. The van der Waals surface area contributed by atoms with E-state index in [1.807, 2.05) is 49.5 Å². The lowest BCUT2D eigenvalue weighted by molar-refractivity contribution is 0.00291. The van der Waals surface area contributed by atoms with Crippen molar-refractivity contribution in [2.45, 2.75) is 58.1 Å². The third-order valence-corrected chi connectivity index (χ3v) is 6.04. The fourth-order valence-corrected chi connectivity index (χ4v) is 4.47. The van der Waals surface area contributed by atoms with Gasteiger partial charge in [-0.25, -0.2) is 9.78 Å². The number of aromatic nitrogens is 2. The summed E-state index contributed by atoms with van der Waals surface area (Å²) in [5, 5.41) is 0. The SMILES string of the molecule is Cn1ccnc1[C@H]1CN(C(=O)OC(C)(C)C)CCN1C(=O)c1ccc2c(c1)CCCC2. The summed E-state index contributed by atoms with van der Waals surface area (Å²) >= 11 is 0. The Morgan fingerprint density at radius 1 is 1.10 bits per heavy atom. The molecule has 7 heteroatoms. The maximum Gasteiger partial charge on any atom is 0.410 e. The van der Waals surface area contributed by atoms with E-state index in [2.05, 4.69) is 17.1 Å². The van der Waals surface area contributed by atoms with Crippen molar-refractivity contribution in [3.8, 4) is 0 Å². The van der Waals surface area contributed by atoms with Crippen LogP contribution in [0.1, 0.15) is 67.0 Å². The van der Waals surface area contributed by atoms with Gasteiger partial charge in [-0.15, -0.1) is 0 Å². The number of ether oxygens (including phenoxy) is 1. The minimum absolute atomic E-state index is 0.00906. The second-order valence-electron chi connectivity index (χ2n) is 9.53. The average Bonchev–Trinajstić information content (AvgIpc) is 3.17. The van der Waals surface area contributed by atoms with Gasteiger partial charge in [-0.05, 0) is 69.7 Å². The molecule has 0 N–H and O–H groups in total. The smallest absolute Gasteiger partial charge is 0.410 e. The van der Waals surface area contributed by atoms with E-state index in [4.69, 9.17) is 4.74 Å². The van der Waals surface area contributed by atoms with E-state index in [1.54, 1.807) is 11.1 Å². The van der Waals surface area contributed by atoms with Crippen LogP contribution in [-0.4, -0.2) is 56.6 Å². The maximum atomic E-state index is 13.6. The Bertz CT molecular complexity index is 975. The number of imidazole rings is 1. The second kappa shape index (κ2) is 8.36. The number of nitrogens with zero attached hydrogens (tertiary/aromatic N) is 4. The highest BCUT2D eigenvalue weighted by molar-refractivity contribution is 5.95. The van der Waals surface area contributed by atoms with Crippen LogP contribution in [0.2, 0.25) is 0 Å². The number of carbonyl (C=O) groups is 2. The first-order chi connectivity index (χ1) is 14.7. The molecule has 166 valence electrons. The molecule has 0 saturated carbocycles. The second-order valence-corrected chi connectivity index (χ2v) is 9.53. The number of rotatable bonds is 2. The average molecular weight is 425 g/mol. The number of hydrogen-bond donors (Lipinski definition) is 0. The Morgan fingerprint density at radius 3 is 2.52 bits per heavy atom. The first kappa shape index (κ1) is 21.4. The molecule has 2 amide bonds. The lowest BCUT2D eigenvalue weighted by atomic mass is 9.90. The molecular weight excluding hydrogens is 392 g/mol. The van der Waals surface area contributed by atoms with Crippen molar-refractivity contribution >= 4 is 12.0 Å². The molecule has 0 unspecified atom stereocenters. The number of benzene rings is 1. The summed E-state index contributed by atoms with van der Waals surface area (Å²) in [6.07, 6.45) is 7.75. The topological polar surface area (TPSA) is 67.7 Å². The molecule has 1 aliphatic carbocycles. The number of carbonyl (C=O) groups excluding carboxylic acids is 2. The van der Waals surface area contributed by atoms with Crippen molar-refractivity contribution in [2.24, 2.45) is 7.05 Å². The molecule has 0 spiro atoms. The van der Waals surface area contributed by atoms with E-state index in [-0.39, 0.29) is 18.0 Å². The van der Waals surface area contributed by atoms with Crippen LogP contribution in [0, 0.1) is 0 Å². The maximum absolute atomic E-state index is 13.6. The highest BCUT2D eigenvalue weighted by Gasteiger charge is 2.37. The van der Waals surface area contributed by atoms with Crippen LogP contribution in [-0.2, 0) is 24.6 Å². The van der Waals surface area contributed by atoms with Crippen molar-refractivity contribution in [3.63, 3.8) is 0 Å². The number of aryl methyl sites for hydroxylation is 3. The standard InChI is InChI=1S/C24H32N4O3/c1-24(2,3)31-23(30)27-13-14-28(20(16-27)21-25-11-12-26(21)4)22(29)19-10-9-17-7-5-6-8-18(17)15-19/h9-12,15,20H,5-8,13-14,16H2,1-4H3/t20-/m1/s1. The van der Waals surface area contributed by atoms with Crippen LogP contribution >= 0.6 is 0 Å². The number of hydrogen-bond acceptors (Lipinski definition) is 4. The fraction of sp³-hybridized carbons (Fsp3) is 0.542. The molecule has 1 saturated heterocycles. The summed E-state index contributed by atoms with van der Waals surface area (Å²) in [7, 11) is 1.91. The number of amides is 2. The lowest BCUT2D eigenvalue weighted by Crippen LogP contribution is -2.53. The molecule has 2 aromatic rings. The Kier molecular flexibility index (Phi) is 5.77. The molecule has 7 nitrogen and oxygen atoms in total. The van der Waals surface area contributed by atoms with Gasteiger partial charge in [0.2, 0.25) is 0 Å². The third-order valence-electron chi connectivity index (χ3n) is 6.04. The zero-order valence-electron chi connectivity index (χ0n) is 18.9. The predicted octanol–water partition coefficient (Wildman–Crippen LogP) is 3.73. The van der Waals surface area contributed by atoms with Gasteiger partial charge >= 0.3 is 6.09 Å². The minimum Gasteiger partial charge on any atom is -0.444 e. The van der Waals surface area contributed by atoms with Crippen molar-refractivity contribution in [1.29, 1.82) is 0 Å². The highest BCUT2D eigenvalue weighted by atomic mass is 16.6. The molecular formula is C24H32N4O3. The summed E-state index contributed by atoms with van der Waals surface area (Å²) < 4.78 is 7.49. The molecule has 1 aromatic carbocycles. The van der Waals surface area contributed by atoms with E-state index in [0.29, 0.717) is 25.2 Å². The van der Waals surface area contributed by atoms with E-state index in [0.717, 1.165) is 18.7 Å². The predicted molar refractivity (Wildman–Crippen MR) is 118 cm³/mol. The van der Waals surface area contributed by atoms with Gasteiger partial charge in [-0.3, -0.25) is 4.79 Å². The van der Waals surface area contributed by atoms with Gasteiger partial charge in [-0.1, -0.05) is 6.07 Å². The van der Waals surface area contributed by atoms with Gasteiger partial charge in [0.1, 0.15) is 17.5 Å². The molecule has 0 bridgehead atoms. The summed E-state index contributed by atoms with van der Waals surface area (Å²) in [5.41, 5.74) is 2.80. The molecule has 0 radical (unpaired) electrons. The summed E-state index contributed by atoms with van der Waals surface area (Å²) in [6.45, 7) is 6.81. The Morgan fingerprint density at radius 2 is 1.84 bits per heavy atom. The molecule has 2 aliphatic rings. The Labute approximate surface area is 184 Å². The number of piperazine rings is 1. The summed E-state index contributed by atoms with van der Waals surface area (Å²) in [5.74, 6) is 0.754. The third kappa shape index (κ3) is 4.60. The van der Waals surface area contributed by atoms with E-state index >= 15 is 0 Å². The van der Waals surface area contributed by atoms with Gasteiger partial charge in [0.15, 0.2) is 0 Å². The van der Waals surface area contributed by atoms with E-state index in [9.17, 15) is 9.59 Å². The van der Waals surface area contributed by atoms with Gasteiger partial charge < -0.3 is 19.1 Å². The van der Waals surface area contributed by atoms with Crippen LogP contribution in [0.15, 0.2) is 30.6 Å². The highest BCUT2D eigenvalue weighted by Crippen LogP contribution is 2.29. The zero-order valence-corrected chi connectivity index (χ0v) is 18.9. The van der Waals surface area contributed by atoms with Gasteiger partial charge in [0, 0.05) is 38.1 Å². The summed E-state index contributed by atoms with van der Waals surface area (Å²) in [4.78, 5) is 34.3.